The first-order valence-electron chi connectivity index (χ1n) is 4.55. The summed E-state index contributed by atoms with van der Waals surface area (Å²) in [6.45, 7) is 2.91. The molecule has 0 aromatic carbocycles. The molecule has 0 aromatic rings. The van der Waals surface area contributed by atoms with Crippen LogP contribution in [0.1, 0.15) is 6.42 Å². The minimum Gasteiger partial charge on any atom is -0.378 e. The zero-order valence-electron chi connectivity index (χ0n) is 7.74. The Hall–Kier alpha value is -0.650. The first-order valence-corrected chi connectivity index (χ1v) is 4.55. The topological polar surface area (TPSA) is 81.6 Å². The molecule has 0 bridgehead atoms. The van der Waals surface area contributed by atoms with Crippen molar-refractivity contribution >= 4 is 5.91 Å². The molecule has 4 N–H and O–H groups in total. The van der Waals surface area contributed by atoms with Gasteiger partial charge in [0.1, 0.15) is 0 Å². The van der Waals surface area contributed by atoms with Crippen molar-refractivity contribution in [2.24, 2.45) is 11.5 Å². The quantitative estimate of drug-likeness (QED) is 0.514. The Labute approximate surface area is 78.0 Å². The maximum absolute atomic E-state index is 11.2. The van der Waals surface area contributed by atoms with Crippen LogP contribution in [-0.2, 0) is 9.53 Å². The summed E-state index contributed by atoms with van der Waals surface area (Å²) in [5.74, 6) is 0.129. The molecule has 5 nitrogen and oxygen atoms in total. The van der Waals surface area contributed by atoms with Gasteiger partial charge in [0.2, 0.25) is 5.91 Å². The van der Waals surface area contributed by atoms with Crippen molar-refractivity contribution in [3.8, 4) is 0 Å². The molecule has 76 valence electrons. The molecule has 0 spiro atoms. The monoisotopic (exact) mass is 187 g/mol. The van der Waals surface area contributed by atoms with Gasteiger partial charge < -0.3 is 21.1 Å². The Morgan fingerprint density at radius 2 is 2.31 bits per heavy atom. The standard InChI is InChI=1S/C8H17N3O2/c9-1-3-13-4-2-11-6-7(10)5-8(11)12/h7H,1-6,9-10H2. The number of hydrogen-bond acceptors (Lipinski definition) is 4. The van der Waals surface area contributed by atoms with Gasteiger partial charge in [0.25, 0.3) is 0 Å². The third-order valence-corrected chi connectivity index (χ3v) is 2.01. The number of nitrogens with zero attached hydrogens (tertiary/aromatic N) is 1. The second kappa shape index (κ2) is 5.16. The number of likely N-dealkylation sites (tertiary alicyclic amines) is 1. The van der Waals surface area contributed by atoms with E-state index < -0.39 is 0 Å². The van der Waals surface area contributed by atoms with E-state index in [2.05, 4.69) is 0 Å². The van der Waals surface area contributed by atoms with Gasteiger partial charge in [0.05, 0.1) is 13.2 Å². The molecule has 1 rings (SSSR count). The summed E-state index contributed by atoms with van der Waals surface area (Å²) in [6.07, 6.45) is 0.469. The predicted octanol–water partition coefficient (Wildman–Crippen LogP) is -1.48. The van der Waals surface area contributed by atoms with Gasteiger partial charge in [0, 0.05) is 32.1 Å². The number of rotatable bonds is 5. The van der Waals surface area contributed by atoms with Gasteiger partial charge >= 0.3 is 0 Å². The minimum atomic E-state index is 0.00186. The van der Waals surface area contributed by atoms with Crippen LogP contribution in [0.2, 0.25) is 0 Å². The second-order valence-corrected chi connectivity index (χ2v) is 3.21. The van der Waals surface area contributed by atoms with Crippen LogP contribution in [0.25, 0.3) is 0 Å². The van der Waals surface area contributed by atoms with Crippen LogP contribution in [0, 0.1) is 0 Å². The zero-order chi connectivity index (χ0) is 9.68. The van der Waals surface area contributed by atoms with E-state index >= 15 is 0 Å². The van der Waals surface area contributed by atoms with Crippen molar-refractivity contribution in [2.75, 3.05) is 32.8 Å². The lowest BCUT2D eigenvalue weighted by molar-refractivity contribution is -0.128. The molecule has 1 saturated heterocycles. The van der Waals surface area contributed by atoms with Gasteiger partial charge in [-0.25, -0.2) is 0 Å². The van der Waals surface area contributed by atoms with Crippen molar-refractivity contribution < 1.29 is 9.53 Å². The summed E-state index contributed by atoms with van der Waals surface area (Å²) in [5, 5.41) is 0. The van der Waals surface area contributed by atoms with E-state index in [-0.39, 0.29) is 11.9 Å². The maximum Gasteiger partial charge on any atom is 0.224 e. The zero-order valence-corrected chi connectivity index (χ0v) is 7.74. The Morgan fingerprint density at radius 3 is 2.85 bits per heavy atom. The second-order valence-electron chi connectivity index (χ2n) is 3.21. The average molecular weight is 187 g/mol. The molecule has 1 amide bonds. The fourth-order valence-corrected chi connectivity index (χ4v) is 1.38. The van der Waals surface area contributed by atoms with Crippen LogP contribution in [0.3, 0.4) is 0 Å². The molecule has 0 aromatic heterocycles. The summed E-state index contributed by atoms with van der Waals surface area (Å²) in [6, 6.07) is 0.00186. The summed E-state index contributed by atoms with van der Waals surface area (Å²) < 4.78 is 5.17. The van der Waals surface area contributed by atoms with E-state index in [0.29, 0.717) is 39.3 Å². The Balaban J connectivity index is 2.11. The van der Waals surface area contributed by atoms with Crippen LogP contribution in [0.4, 0.5) is 0 Å². The number of carbonyl (C=O) groups is 1. The van der Waals surface area contributed by atoms with Crippen LogP contribution < -0.4 is 11.5 Å². The highest BCUT2D eigenvalue weighted by molar-refractivity contribution is 5.79. The SMILES string of the molecule is NCCOCCN1CC(N)CC1=O. The molecule has 1 atom stereocenters. The molecule has 1 aliphatic rings. The molecule has 0 aliphatic carbocycles. The number of nitrogens with two attached hydrogens (primary N) is 2. The molecule has 1 unspecified atom stereocenters. The lowest BCUT2D eigenvalue weighted by atomic mass is 10.3. The lowest BCUT2D eigenvalue weighted by Gasteiger charge is -2.15. The molecule has 1 fully saturated rings. The molecular formula is C8H17N3O2. The van der Waals surface area contributed by atoms with E-state index in [0.717, 1.165) is 0 Å². The van der Waals surface area contributed by atoms with E-state index in [1.54, 1.807) is 4.90 Å². The van der Waals surface area contributed by atoms with Crippen molar-refractivity contribution in [1.29, 1.82) is 0 Å². The molecule has 5 heteroatoms. The van der Waals surface area contributed by atoms with Crippen molar-refractivity contribution in [1.82, 2.24) is 4.90 Å². The fraction of sp³-hybridized carbons (Fsp3) is 0.875. The highest BCUT2D eigenvalue weighted by atomic mass is 16.5. The van der Waals surface area contributed by atoms with Crippen LogP contribution in [-0.4, -0.2) is 49.7 Å². The summed E-state index contributed by atoms with van der Waals surface area (Å²) in [5.41, 5.74) is 10.9. The molecule has 1 aliphatic heterocycles. The normalized spacial score (nSPS) is 22.8. The van der Waals surface area contributed by atoms with Crippen molar-refractivity contribution in [3.63, 3.8) is 0 Å². The minimum absolute atomic E-state index is 0.00186. The van der Waals surface area contributed by atoms with Gasteiger partial charge in [-0.3, -0.25) is 4.79 Å². The Morgan fingerprint density at radius 1 is 1.54 bits per heavy atom. The maximum atomic E-state index is 11.2. The lowest BCUT2D eigenvalue weighted by Crippen LogP contribution is -2.31. The summed E-state index contributed by atoms with van der Waals surface area (Å²) in [4.78, 5) is 13.0. The third kappa shape index (κ3) is 3.30. The molecule has 13 heavy (non-hydrogen) atoms. The predicted molar refractivity (Wildman–Crippen MR) is 49.0 cm³/mol. The smallest absolute Gasteiger partial charge is 0.224 e. The number of hydrogen-bond donors (Lipinski definition) is 2. The number of carbonyl (C=O) groups excluding carboxylic acids is 1. The van der Waals surface area contributed by atoms with E-state index in [4.69, 9.17) is 16.2 Å². The summed E-state index contributed by atoms with van der Waals surface area (Å²) in [7, 11) is 0. The molecular weight excluding hydrogens is 170 g/mol. The highest BCUT2D eigenvalue weighted by Crippen LogP contribution is 2.07. The van der Waals surface area contributed by atoms with Crippen LogP contribution >= 0.6 is 0 Å². The van der Waals surface area contributed by atoms with Crippen LogP contribution in [0.15, 0.2) is 0 Å². The van der Waals surface area contributed by atoms with Crippen molar-refractivity contribution in [2.45, 2.75) is 12.5 Å². The fourth-order valence-electron chi connectivity index (χ4n) is 1.38. The van der Waals surface area contributed by atoms with E-state index in [1.807, 2.05) is 0 Å². The van der Waals surface area contributed by atoms with Gasteiger partial charge in [0.15, 0.2) is 0 Å². The highest BCUT2D eigenvalue weighted by Gasteiger charge is 2.25. The Bertz CT molecular complexity index is 175. The van der Waals surface area contributed by atoms with E-state index in [1.165, 1.54) is 0 Å². The van der Waals surface area contributed by atoms with Gasteiger partial charge in [-0.05, 0) is 0 Å². The van der Waals surface area contributed by atoms with Crippen LogP contribution in [0.5, 0.6) is 0 Å². The Kier molecular flexibility index (Phi) is 4.14. The first-order chi connectivity index (χ1) is 6.24. The largest absolute Gasteiger partial charge is 0.378 e. The van der Waals surface area contributed by atoms with Gasteiger partial charge in [-0.1, -0.05) is 0 Å². The molecule has 0 radical (unpaired) electrons. The van der Waals surface area contributed by atoms with Crippen molar-refractivity contribution in [3.05, 3.63) is 0 Å². The van der Waals surface area contributed by atoms with E-state index in [9.17, 15) is 4.79 Å². The first kappa shape index (κ1) is 10.4. The third-order valence-electron chi connectivity index (χ3n) is 2.01. The average Bonchev–Trinajstić information content (AvgIpc) is 2.39. The summed E-state index contributed by atoms with van der Waals surface area (Å²) >= 11 is 0. The van der Waals surface area contributed by atoms with Gasteiger partial charge in [-0.2, -0.15) is 0 Å². The number of ether oxygens (including phenoxy) is 1. The molecule has 0 saturated carbocycles. The molecule has 1 heterocycles. The van der Waals surface area contributed by atoms with Gasteiger partial charge in [-0.15, -0.1) is 0 Å². The number of amides is 1.